The van der Waals surface area contributed by atoms with E-state index in [2.05, 4.69) is 98.8 Å². The van der Waals surface area contributed by atoms with Crippen LogP contribution in [0.15, 0.2) is 168 Å². The normalized spacial score (nSPS) is 13.1. The van der Waals surface area contributed by atoms with Gasteiger partial charge >= 0.3 is 0 Å². The van der Waals surface area contributed by atoms with Crippen molar-refractivity contribution in [3.8, 4) is 67.9 Å². The van der Waals surface area contributed by atoms with Crippen LogP contribution in [0.1, 0.15) is 25.0 Å². The third-order valence-corrected chi connectivity index (χ3v) is 12.9. The van der Waals surface area contributed by atoms with Crippen molar-refractivity contribution in [1.82, 2.24) is 24.9 Å². The molecule has 6 nitrogen and oxygen atoms in total. The van der Waals surface area contributed by atoms with Crippen molar-refractivity contribution in [2.24, 2.45) is 0 Å². The van der Waals surface area contributed by atoms with Crippen LogP contribution in [0.5, 0.6) is 0 Å². The van der Waals surface area contributed by atoms with Gasteiger partial charge in [-0.3, -0.25) is 0 Å². The molecule has 0 aliphatic heterocycles. The maximum absolute atomic E-state index is 6.58. The molecule has 7 aromatic carbocycles. The van der Waals surface area contributed by atoms with E-state index in [9.17, 15) is 0 Å². The third kappa shape index (κ3) is 5.28. The summed E-state index contributed by atoms with van der Waals surface area (Å²) in [5, 5.41) is 3.21. The fourth-order valence-electron chi connectivity index (χ4n) is 8.85. The van der Waals surface area contributed by atoms with E-state index < -0.39 is 0 Å². The number of para-hydroxylation sites is 1. The third-order valence-electron chi connectivity index (χ3n) is 11.8. The highest BCUT2D eigenvalue weighted by Gasteiger charge is 2.35. The molecule has 0 unspecified atom stereocenters. The fourth-order valence-corrected chi connectivity index (χ4v) is 10.0. The minimum atomic E-state index is -0.143. The Bertz CT molecular complexity index is 3420. The van der Waals surface area contributed by atoms with Crippen LogP contribution < -0.4 is 0 Å². The van der Waals surface area contributed by atoms with Crippen LogP contribution in [0.3, 0.4) is 0 Å². The van der Waals surface area contributed by atoms with Gasteiger partial charge in [-0.2, -0.15) is 0 Å². The lowest BCUT2D eigenvalue weighted by Crippen LogP contribution is -2.15. The van der Waals surface area contributed by atoms with Crippen molar-refractivity contribution in [3.63, 3.8) is 0 Å². The molecular formula is C52H33N5OS. The molecule has 0 N–H and O–H groups in total. The largest absolute Gasteiger partial charge is 0.452 e. The molecule has 4 heterocycles. The zero-order valence-electron chi connectivity index (χ0n) is 32.1. The predicted octanol–water partition coefficient (Wildman–Crippen LogP) is 13.6. The molecule has 0 saturated carbocycles. The van der Waals surface area contributed by atoms with E-state index in [1.807, 2.05) is 78.9 Å². The monoisotopic (exact) mass is 775 g/mol. The maximum atomic E-state index is 6.58. The number of benzene rings is 7. The Morgan fingerprint density at radius 2 is 1.08 bits per heavy atom. The van der Waals surface area contributed by atoms with Crippen LogP contribution in [0.25, 0.3) is 110 Å². The number of fused-ring (bicyclic) bond motifs is 9. The number of nitrogens with zero attached hydrogens (tertiary/aromatic N) is 5. The van der Waals surface area contributed by atoms with Crippen molar-refractivity contribution in [2.75, 3.05) is 0 Å². The smallest absolute Gasteiger partial charge is 0.180 e. The second kappa shape index (κ2) is 12.8. The first-order valence-corrected chi connectivity index (χ1v) is 20.6. The van der Waals surface area contributed by atoms with Crippen LogP contribution in [-0.2, 0) is 5.41 Å². The Balaban J connectivity index is 1.03. The minimum absolute atomic E-state index is 0.143. The number of furan rings is 1. The van der Waals surface area contributed by atoms with Crippen molar-refractivity contribution < 1.29 is 4.42 Å². The molecule has 11 aromatic rings. The summed E-state index contributed by atoms with van der Waals surface area (Å²) in [6.07, 6.45) is 0. The van der Waals surface area contributed by atoms with Gasteiger partial charge in [0.15, 0.2) is 28.9 Å². The Hall–Kier alpha value is -7.35. The molecule has 0 saturated heterocycles. The number of thiophene rings is 1. The lowest BCUT2D eigenvalue weighted by atomic mass is 9.82. The molecule has 0 spiro atoms. The van der Waals surface area contributed by atoms with Crippen molar-refractivity contribution in [2.45, 2.75) is 19.3 Å². The number of aromatic nitrogens is 5. The first-order chi connectivity index (χ1) is 29.0. The fraction of sp³-hybridized carbons (Fsp3) is 0.0577. The SMILES string of the molecule is CC1(C)c2ccccc2-c2ccc(-c3nc(-c4ccc5c(c4)sc4cccc(-c6nc(-c7ccccc7)nc(-c7ccccc7)n6)c45)c4oc5ccccc5c4n3)cc21. The second-order valence-electron chi connectivity index (χ2n) is 15.6. The molecule has 278 valence electrons. The van der Waals surface area contributed by atoms with Crippen LogP contribution >= 0.6 is 11.3 Å². The highest BCUT2D eigenvalue weighted by molar-refractivity contribution is 7.26. The van der Waals surface area contributed by atoms with E-state index in [4.69, 9.17) is 29.3 Å². The van der Waals surface area contributed by atoms with Gasteiger partial charge in [0.05, 0.1) is 0 Å². The van der Waals surface area contributed by atoms with E-state index >= 15 is 0 Å². The Kier molecular flexibility index (Phi) is 7.34. The Labute approximate surface area is 343 Å². The van der Waals surface area contributed by atoms with Gasteiger partial charge < -0.3 is 4.42 Å². The summed E-state index contributed by atoms with van der Waals surface area (Å²) in [5.74, 6) is 2.58. The van der Waals surface area contributed by atoms with E-state index in [1.54, 1.807) is 11.3 Å². The minimum Gasteiger partial charge on any atom is -0.452 e. The molecule has 7 heteroatoms. The Morgan fingerprint density at radius 3 is 1.88 bits per heavy atom. The van der Waals surface area contributed by atoms with Crippen molar-refractivity contribution in [1.29, 1.82) is 0 Å². The molecule has 0 fully saturated rings. The zero-order chi connectivity index (χ0) is 39.2. The van der Waals surface area contributed by atoms with Gasteiger partial charge in [-0.1, -0.05) is 147 Å². The Morgan fingerprint density at radius 1 is 0.441 bits per heavy atom. The number of rotatable bonds is 5. The summed E-state index contributed by atoms with van der Waals surface area (Å²) in [6.45, 7) is 4.61. The highest BCUT2D eigenvalue weighted by Crippen LogP contribution is 2.50. The maximum Gasteiger partial charge on any atom is 0.180 e. The standard InChI is InChI=1S/C52H33N5OS/c1-52(2)39-21-11-9-18-34(39)35-26-25-33(28-40(35)52)50-53-45(47-46(54-50)36-19-10-12-22-41(36)58-47)32-24-27-37-43(29-32)59-42-23-13-20-38(44(37)42)51-56-48(30-14-5-3-6-15-30)55-49(57-51)31-16-7-4-8-17-31/h3-29H,1-2H3. The average molecular weight is 776 g/mol. The van der Waals surface area contributed by atoms with Crippen LogP contribution in [0.2, 0.25) is 0 Å². The van der Waals surface area contributed by atoms with E-state index in [0.29, 0.717) is 28.9 Å². The number of hydrogen-bond acceptors (Lipinski definition) is 7. The lowest BCUT2D eigenvalue weighted by Gasteiger charge is -2.21. The van der Waals surface area contributed by atoms with Crippen molar-refractivity contribution >= 4 is 53.6 Å². The molecule has 0 amide bonds. The van der Waals surface area contributed by atoms with E-state index in [0.717, 1.165) is 70.2 Å². The summed E-state index contributed by atoms with van der Waals surface area (Å²) < 4.78 is 8.86. The number of hydrogen-bond donors (Lipinski definition) is 0. The van der Waals surface area contributed by atoms with Crippen molar-refractivity contribution in [3.05, 3.63) is 175 Å². The zero-order valence-corrected chi connectivity index (χ0v) is 33.0. The molecule has 0 bridgehead atoms. The van der Waals surface area contributed by atoms with Crippen LogP contribution in [0, 0.1) is 0 Å². The topological polar surface area (TPSA) is 77.6 Å². The lowest BCUT2D eigenvalue weighted by molar-refractivity contribution is 0.660. The highest BCUT2D eigenvalue weighted by atomic mass is 32.1. The molecule has 0 radical (unpaired) electrons. The molecular weight excluding hydrogens is 743 g/mol. The molecule has 1 aliphatic carbocycles. The molecule has 1 aliphatic rings. The van der Waals surface area contributed by atoms with Gasteiger partial charge in [-0.15, -0.1) is 11.3 Å². The quantitative estimate of drug-likeness (QED) is 0.173. The van der Waals surface area contributed by atoms with Gasteiger partial charge in [-0.25, -0.2) is 24.9 Å². The summed E-state index contributed by atoms with van der Waals surface area (Å²) in [7, 11) is 0. The van der Waals surface area contributed by atoms with Gasteiger partial charge in [-0.05, 0) is 52.6 Å². The average Bonchev–Trinajstić information content (AvgIpc) is 3.93. The van der Waals surface area contributed by atoms with Gasteiger partial charge in [0.2, 0.25) is 0 Å². The van der Waals surface area contributed by atoms with Gasteiger partial charge in [0, 0.05) is 58.8 Å². The van der Waals surface area contributed by atoms with Gasteiger partial charge in [0.1, 0.15) is 16.8 Å². The van der Waals surface area contributed by atoms with Gasteiger partial charge in [0.25, 0.3) is 0 Å². The first kappa shape index (κ1) is 33.8. The molecule has 59 heavy (non-hydrogen) atoms. The summed E-state index contributed by atoms with van der Waals surface area (Å²) in [4.78, 5) is 25.7. The summed E-state index contributed by atoms with van der Waals surface area (Å²) in [6, 6.07) is 56.7. The molecule has 12 rings (SSSR count). The van der Waals surface area contributed by atoms with E-state index in [-0.39, 0.29) is 5.41 Å². The summed E-state index contributed by atoms with van der Waals surface area (Å²) >= 11 is 1.75. The first-order valence-electron chi connectivity index (χ1n) is 19.7. The van der Waals surface area contributed by atoms with Crippen LogP contribution in [-0.4, -0.2) is 24.9 Å². The molecule has 4 aromatic heterocycles. The second-order valence-corrected chi connectivity index (χ2v) is 16.7. The summed E-state index contributed by atoms with van der Waals surface area (Å²) in [5.41, 5.74) is 12.9. The molecule has 0 atom stereocenters. The predicted molar refractivity (Wildman–Crippen MR) is 240 cm³/mol. The van der Waals surface area contributed by atoms with Crippen LogP contribution in [0.4, 0.5) is 0 Å². The van der Waals surface area contributed by atoms with E-state index in [1.165, 1.54) is 22.3 Å².